The number of carbonyl (C=O) groups is 1. The Kier molecular flexibility index (Phi) is 5.14. The third kappa shape index (κ3) is 4.19. The molecule has 0 aliphatic carbocycles. The van der Waals surface area contributed by atoms with Gasteiger partial charge in [-0.25, -0.2) is 4.98 Å². The molecule has 0 spiro atoms. The number of hydrogen-bond acceptors (Lipinski definition) is 5. The van der Waals surface area contributed by atoms with Crippen molar-refractivity contribution in [3.8, 4) is 0 Å². The summed E-state index contributed by atoms with van der Waals surface area (Å²) in [6.45, 7) is 9.49. The van der Waals surface area contributed by atoms with Crippen molar-refractivity contribution in [2.75, 3.05) is 18.4 Å². The third-order valence-electron chi connectivity index (χ3n) is 4.18. The maximum absolute atomic E-state index is 12.3. The lowest BCUT2D eigenvalue weighted by Gasteiger charge is -2.30. The van der Waals surface area contributed by atoms with Crippen LogP contribution in [0, 0.1) is 19.8 Å². The molecule has 0 radical (unpaired) electrons. The number of anilines is 1. The van der Waals surface area contributed by atoms with E-state index in [4.69, 9.17) is 0 Å². The highest BCUT2D eigenvalue weighted by atomic mass is 32.1. The minimum atomic E-state index is -0.0562. The van der Waals surface area contributed by atoms with Crippen molar-refractivity contribution < 1.29 is 4.79 Å². The summed E-state index contributed by atoms with van der Waals surface area (Å²) in [7, 11) is 0. The summed E-state index contributed by atoms with van der Waals surface area (Å²) >= 11 is 3.16. The Morgan fingerprint density at radius 3 is 3.00 bits per heavy atom. The van der Waals surface area contributed by atoms with E-state index in [1.807, 2.05) is 19.9 Å². The maximum atomic E-state index is 12.3. The molecular weight excluding hydrogens is 326 g/mol. The van der Waals surface area contributed by atoms with Crippen LogP contribution >= 0.6 is 22.7 Å². The van der Waals surface area contributed by atoms with Gasteiger partial charge in [-0.15, -0.1) is 22.7 Å². The second-order valence-corrected chi connectivity index (χ2v) is 8.73. The number of likely N-dealkylation sites (tertiary alicyclic amines) is 1. The van der Waals surface area contributed by atoms with Crippen molar-refractivity contribution >= 4 is 33.7 Å². The Morgan fingerprint density at radius 2 is 2.30 bits per heavy atom. The molecule has 1 N–H and O–H groups in total. The molecule has 0 bridgehead atoms. The number of aryl methyl sites for hydroxylation is 2. The van der Waals surface area contributed by atoms with Crippen molar-refractivity contribution in [1.82, 2.24) is 9.88 Å². The van der Waals surface area contributed by atoms with E-state index in [-0.39, 0.29) is 5.91 Å². The smallest absolute Gasteiger partial charge is 0.258 e. The lowest BCUT2D eigenvalue weighted by Crippen LogP contribution is -2.33. The number of thiazole rings is 1. The van der Waals surface area contributed by atoms with Crippen LogP contribution in [-0.2, 0) is 6.54 Å². The fourth-order valence-electron chi connectivity index (χ4n) is 3.12. The molecular formula is C17H23N3OS2. The van der Waals surface area contributed by atoms with Gasteiger partial charge in [-0.2, -0.15) is 0 Å². The van der Waals surface area contributed by atoms with Gasteiger partial charge in [-0.3, -0.25) is 15.0 Å². The predicted molar refractivity (Wildman–Crippen MR) is 97.5 cm³/mol. The van der Waals surface area contributed by atoms with E-state index < -0.39 is 0 Å². The molecule has 0 aromatic carbocycles. The van der Waals surface area contributed by atoms with Gasteiger partial charge in [0.05, 0.1) is 11.3 Å². The van der Waals surface area contributed by atoms with Crippen LogP contribution in [0.2, 0.25) is 0 Å². The second-order valence-electron chi connectivity index (χ2n) is 6.41. The summed E-state index contributed by atoms with van der Waals surface area (Å²) in [6, 6.07) is 1.94. The van der Waals surface area contributed by atoms with E-state index >= 15 is 0 Å². The molecule has 1 saturated heterocycles. The molecule has 4 nitrogen and oxygen atoms in total. The molecule has 2 aromatic heterocycles. The zero-order chi connectivity index (χ0) is 16.4. The van der Waals surface area contributed by atoms with Crippen LogP contribution in [0.3, 0.4) is 0 Å². The van der Waals surface area contributed by atoms with Crippen molar-refractivity contribution in [2.45, 2.75) is 40.2 Å². The number of thiophene rings is 1. The molecule has 3 rings (SSSR count). The van der Waals surface area contributed by atoms with Gasteiger partial charge in [0, 0.05) is 28.2 Å². The van der Waals surface area contributed by atoms with Crippen molar-refractivity contribution in [1.29, 1.82) is 0 Å². The number of rotatable bonds is 4. The molecule has 0 saturated carbocycles. The zero-order valence-electron chi connectivity index (χ0n) is 13.9. The van der Waals surface area contributed by atoms with Gasteiger partial charge in [0.25, 0.3) is 5.91 Å². The molecule has 1 aliphatic rings. The fraction of sp³-hybridized carbons (Fsp3) is 0.529. The Morgan fingerprint density at radius 1 is 1.48 bits per heavy atom. The summed E-state index contributed by atoms with van der Waals surface area (Å²) in [5.74, 6) is 0.714. The summed E-state index contributed by atoms with van der Waals surface area (Å²) < 4.78 is 0. The summed E-state index contributed by atoms with van der Waals surface area (Å²) in [5, 5.41) is 5.68. The number of aromatic nitrogens is 1. The first-order valence-electron chi connectivity index (χ1n) is 8.06. The Labute approximate surface area is 145 Å². The van der Waals surface area contributed by atoms with Gasteiger partial charge < -0.3 is 0 Å². The molecule has 1 atom stereocenters. The van der Waals surface area contributed by atoms with E-state index in [1.54, 1.807) is 11.3 Å². The topological polar surface area (TPSA) is 45.2 Å². The molecule has 1 amide bonds. The highest BCUT2D eigenvalue weighted by molar-refractivity contribution is 7.14. The van der Waals surface area contributed by atoms with Gasteiger partial charge in [0.15, 0.2) is 5.13 Å². The molecule has 1 fully saturated rings. The fourth-order valence-corrected chi connectivity index (χ4v) is 4.73. The van der Waals surface area contributed by atoms with Gasteiger partial charge in [-0.1, -0.05) is 6.92 Å². The second kappa shape index (κ2) is 7.11. The number of nitrogens with one attached hydrogen (secondary N) is 1. The number of nitrogens with zero attached hydrogens (tertiary/aromatic N) is 2. The van der Waals surface area contributed by atoms with E-state index in [1.165, 1.54) is 24.2 Å². The number of hydrogen-bond donors (Lipinski definition) is 1. The molecule has 3 heterocycles. The van der Waals surface area contributed by atoms with Gasteiger partial charge in [-0.05, 0) is 45.2 Å². The first-order valence-corrected chi connectivity index (χ1v) is 9.76. The summed E-state index contributed by atoms with van der Waals surface area (Å²) in [4.78, 5) is 21.6. The zero-order valence-corrected chi connectivity index (χ0v) is 15.5. The number of amides is 1. The lowest BCUT2D eigenvalue weighted by atomic mass is 10.0. The van der Waals surface area contributed by atoms with Crippen LogP contribution < -0.4 is 5.32 Å². The molecule has 1 aliphatic heterocycles. The Bertz CT molecular complexity index is 692. The minimum absolute atomic E-state index is 0.0562. The molecule has 6 heteroatoms. The monoisotopic (exact) mass is 349 g/mol. The molecule has 23 heavy (non-hydrogen) atoms. The van der Waals surface area contributed by atoms with Gasteiger partial charge in [0.1, 0.15) is 0 Å². The number of carbonyl (C=O) groups excluding carboxylic acids is 1. The number of piperidine rings is 1. The first-order chi connectivity index (χ1) is 11.0. The van der Waals surface area contributed by atoms with Crippen LogP contribution in [0.25, 0.3) is 0 Å². The highest BCUT2D eigenvalue weighted by Crippen LogP contribution is 2.24. The Balaban J connectivity index is 1.61. The third-order valence-corrected chi connectivity index (χ3v) is 5.96. The minimum Gasteiger partial charge on any atom is -0.298 e. The quantitative estimate of drug-likeness (QED) is 0.895. The van der Waals surface area contributed by atoms with Crippen LogP contribution in [0.1, 0.15) is 45.6 Å². The average Bonchev–Trinajstić information content (AvgIpc) is 3.05. The summed E-state index contributed by atoms with van der Waals surface area (Å²) in [5.41, 5.74) is 1.81. The molecule has 124 valence electrons. The van der Waals surface area contributed by atoms with Crippen molar-refractivity contribution in [3.05, 3.63) is 32.5 Å². The SMILES string of the molecule is Cc1cc(C(=O)Nc2nc(CN3CCCC(C)C3)cs2)c(C)s1. The van der Waals surface area contributed by atoms with Crippen LogP contribution in [-0.4, -0.2) is 28.9 Å². The molecule has 2 aromatic rings. The average molecular weight is 350 g/mol. The first kappa shape index (κ1) is 16.6. The van der Waals surface area contributed by atoms with Gasteiger partial charge >= 0.3 is 0 Å². The predicted octanol–water partition coefficient (Wildman–Crippen LogP) is 4.31. The summed E-state index contributed by atoms with van der Waals surface area (Å²) in [6.07, 6.45) is 2.60. The van der Waals surface area contributed by atoms with E-state index in [9.17, 15) is 4.79 Å². The Hall–Kier alpha value is -1.24. The van der Waals surface area contributed by atoms with E-state index in [0.29, 0.717) is 5.13 Å². The highest BCUT2D eigenvalue weighted by Gasteiger charge is 2.18. The maximum Gasteiger partial charge on any atom is 0.258 e. The van der Waals surface area contributed by atoms with E-state index in [0.717, 1.165) is 46.6 Å². The van der Waals surface area contributed by atoms with E-state index in [2.05, 4.69) is 27.5 Å². The largest absolute Gasteiger partial charge is 0.298 e. The van der Waals surface area contributed by atoms with Crippen LogP contribution in [0.5, 0.6) is 0 Å². The van der Waals surface area contributed by atoms with Crippen molar-refractivity contribution in [2.24, 2.45) is 5.92 Å². The van der Waals surface area contributed by atoms with Crippen LogP contribution in [0.15, 0.2) is 11.4 Å². The molecule has 1 unspecified atom stereocenters. The lowest BCUT2D eigenvalue weighted by molar-refractivity contribution is 0.102. The normalized spacial score (nSPS) is 19.0. The van der Waals surface area contributed by atoms with Gasteiger partial charge in [0.2, 0.25) is 0 Å². The standard InChI is InChI=1S/C17H23N3OS2/c1-11-5-4-6-20(8-11)9-14-10-22-17(18-14)19-16(21)15-7-12(2)23-13(15)3/h7,10-11H,4-6,8-9H2,1-3H3,(H,18,19,21). The van der Waals surface area contributed by atoms with Crippen molar-refractivity contribution in [3.63, 3.8) is 0 Å². The van der Waals surface area contributed by atoms with Crippen LogP contribution in [0.4, 0.5) is 5.13 Å².